The fraction of sp³-hybridized carbons (Fsp3) is 0.385. The summed E-state index contributed by atoms with van der Waals surface area (Å²) in [5.41, 5.74) is 0.781. The Labute approximate surface area is 110 Å². The van der Waals surface area contributed by atoms with Crippen molar-refractivity contribution in [2.24, 2.45) is 5.84 Å². The summed E-state index contributed by atoms with van der Waals surface area (Å²) in [6.45, 7) is 1.59. The van der Waals surface area contributed by atoms with Crippen LogP contribution in [0.3, 0.4) is 0 Å². The molecule has 6 heteroatoms. The standard InChI is InChI=1S/C13H17N5O/c14-17-8-6-11(7-9-17)18-13(19)15-12(16-18)10-4-2-1-3-5-10/h1-5,11H,6-9,14H2,(H,15,16,19). The Balaban J connectivity index is 1.88. The second-order valence-corrected chi connectivity index (χ2v) is 4.86. The number of aromatic amines is 1. The van der Waals surface area contributed by atoms with E-state index in [1.807, 2.05) is 30.3 Å². The molecule has 0 spiro atoms. The summed E-state index contributed by atoms with van der Waals surface area (Å²) in [7, 11) is 0. The molecule has 1 aliphatic heterocycles. The molecule has 0 bridgehead atoms. The van der Waals surface area contributed by atoms with E-state index in [0.29, 0.717) is 5.82 Å². The predicted molar refractivity (Wildman–Crippen MR) is 72.3 cm³/mol. The van der Waals surface area contributed by atoms with Crippen LogP contribution in [0.5, 0.6) is 0 Å². The number of piperidine rings is 1. The van der Waals surface area contributed by atoms with Gasteiger partial charge in [0, 0.05) is 18.7 Å². The van der Waals surface area contributed by atoms with Gasteiger partial charge >= 0.3 is 5.69 Å². The first-order valence-electron chi connectivity index (χ1n) is 6.48. The number of hydrazine groups is 1. The number of H-pyrrole nitrogens is 1. The van der Waals surface area contributed by atoms with Crippen LogP contribution in [-0.2, 0) is 0 Å². The molecule has 0 radical (unpaired) electrons. The Morgan fingerprint density at radius 3 is 2.58 bits per heavy atom. The highest BCUT2D eigenvalue weighted by atomic mass is 16.2. The topological polar surface area (TPSA) is 79.9 Å². The van der Waals surface area contributed by atoms with Gasteiger partial charge < -0.3 is 0 Å². The monoisotopic (exact) mass is 259 g/mol. The van der Waals surface area contributed by atoms with E-state index in [1.165, 1.54) is 0 Å². The van der Waals surface area contributed by atoms with E-state index in [0.717, 1.165) is 31.5 Å². The van der Waals surface area contributed by atoms with Crippen molar-refractivity contribution in [2.45, 2.75) is 18.9 Å². The SMILES string of the molecule is NN1CCC(n2nc(-c3ccccc3)[nH]c2=O)CC1. The Hall–Kier alpha value is -1.92. The van der Waals surface area contributed by atoms with E-state index in [4.69, 9.17) is 5.84 Å². The minimum Gasteiger partial charge on any atom is -0.289 e. The summed E-state index contributed by atoms with van der Waals surface area (Å²) in [5, 5.41) is 6.20. The average molecular weight is 259 g/mol. The van der Waals surface area contributed by atoms with Crippen molar-refractivity contribution in [2.75, 3.05) is 13.1 Å². The lowest BCUT2D eigenvalue weighted by Crippen LogP contribution is -2.41. The fourth-order valence-electron chi connectivity index (χ4n) is 2.44. The maximum Gasteiger partial charge on any atom is 0.343 e. The molecular formula is C13H17N5O. The van der Waals surface area contributed by atoms with Crippen LogP contribution in [0.15, 0.2) is 35.1 Å². The van der Waals surface area contributed by atoms with Gasteiger partial charge in [-0.15, -0.1) is 5.10 Å². The van der Waals surface area contributed by atoms with Crippen LogP contribution < -0.4 is 11.5 Å². The number of hydrogen-bond acceptors (Lipinski definition) is 4. The second-order valence-electron chi connectivity index (χ2n) is 4.86. The normalized spacial score (nSPS) is 17.7. The molecule has 2 heterocycles. The van der Waals surface area contributed by atoms with Crippen molar-refractivity contribution in [3.8, 4) is 11.4 Å². The van der Waals surface area contributed by atoms with Gasteiger partial charge in [0.25, 0.3) is 0 Å². The summed E-state index contributed by atoms with van der Waals surface area (Å²) >= 11 is 0. The number of rotatable bonds is 2. The molecule has 1 aromatic heterocycles. The summed E-state index contributed by atoms with van der Waals surface area (Å²) in [6, 6.07) is 9.81. The van der Waals surface area contributed by atoms with E-state index >= 15 is 0 Å². The number of benzene rings is 1. The highest BCUT2D eigenvalue weighted by molar-refractivity contribution is 5.53. The molecule has 2 aromatic rings. The minimum absolute atomic E-state index is 0.140. The predicted octanol–water partition coefficient (Wildman–Crippen LogP) is 0.749. The number of aromatic nitrogens is 3. The molecular weight excluding hydrogens is 242 g/mol. The van der Waals surface area contributed by atoms with E-state index in [1.54, 1.807) is 9.69 Å². The highest BCUT2D eigenvalue weighted by Gasteiger charge is 2.22. The fourth-order valence-corrected chi connectivity index (χ4v) is 2.44. The van der Waals surface area contributed by atoms with Crippen LogP contribution >= 0.6 is 0 Å². The van der Waals surface area contributed by atoms with Gasteiger partial charge in [0.05, 0.1) is 6.04 Å². The quantitative estimate of drug-likeness (QED) is 0.780. The lowest BCUT2D eigenvalue weighted by Gasteiger charge is -2.27. The van der Waals surface area contributed by atoms with E-state index < -0.39 is 0 Å². The van der Waals surface area contributed by atoms with Crippen molar-refractivity contribution >= 4 is 0 Å². The van der Waals surface area contributed by atoms with Gasteiger partial charge in [-0.1, -0.05) is 30.3 Å². The Morgan fingerprint density at radius 1 is 1.21 bits per heavy atom. The summed E-state index contributed by atoms with van der Waals surface area (Å²) in [6.07, 6.45) is 1.71. The maximum atomic E-state index is 12.0. The highest BCUT2D eigenvalue weighted by Crippen LogP contribution is 2.20. The maximum absolute atomic E-state index is 12.0. The molecule has 19 heavy (non-hydrogen) atoms. The second kappa shape index (κ2) is 4.99. The molecule has 0 amide bonds. The Morgan fingerprint density at radius 2 is 1.89 bits per heavy atom. The number of nitrogens with one attached hydrogen (secondary N) is 1. The van der Waals surface area contributed by atoms with Gasteiger partial charge in [-0.2, -0.15) is 0 Å². The third-order valence-corrected chi connectivity index (χ3v) is 3.53. The van der Waals surface area contributed by atoms with Crippen molar-refractivity contribution in [1.82, 2.24) is 19.8 Å². The Bertz CT molecular complexity index is 595. The first-order valence-corrected chi connectivity index (χ1v) is 6.48. The van der Waals surface area contributed by atoms with Crippen LogP contribution in [0.25, 0.3) is 11.4 Å². The van der Waals surface area contributed by atoms with Crippen LogP contribution in [0.2, 0.25) is 0 Å². The number of hydrogen-bond donors (Lipinski definition) is 2. The van der Waals surface area contributed by atoms with Gasteiger partial charge in [-0.3, -0.25) is 10.8 Å². The van der Waals surface area contributed by atoms with E-state index in [2.05, 4.69) is 10.1 Å². The van der Waals surface area contributed by atoms with Crippen LogP contribution in [0.4, 0.5) is 0 Å². The summed E-state index contributed by atoms with van der Waals surface area (Å²) in [4.78, 5) is 14.8. The lowest BCUT2D eigenvalue weighted by molar-refractivity contribution is 0.181. The van der Waals surface area contributed by atoms with Crippen LogP contribution in [0, 0.1) is 0 Å². The Kier molecular flexibility index (Phi) is 3.18. The number of nitrogens with two attached hydrogens (primary N) is 1. The van der Waals surface area contributed by atoms with Gasteiger partial charge in [-0.25, -0.2) is 14.5 Å². The third-order valence-electron chi connectivity index (χ3n) is 3.53. The smallest absolute Gasteiger partial charge is 0.289 e. The van der Waals surface area contributed by atoms with Crippen molar-refractivity contribution in [1.29, 1.82) is 0 Å². The first-order chi connectivity index (χ1) is 9.24. The van der Waals surface area contributed by atoms with E-state index in [9.17, 15) is 4.79 Å². The van der Waals surface area contributed by atoms with Crippen LogP contribution in [0.1, 0.15) is 18.9 Å². The largest absolute Gasteiger partial charge is 0.343 e. The van der Waals surface area contributed by atoms with Gasteiger partial charge in [0.1, 0.15) is 0 Å². The zero-order chi connectivity index (χ0) is 13.2. The van der Waals surface area contributed by atoms with Crippen LogP contribution in [-0.4, -0.2) is 32.9 Å². The number of nitrogens with zero attached hydrogens (tertiary/aromatic N) is 3. The van der Waals surface area contributed by atoms with Crippen molar-refractivity contribution in [3.63, 3.8) is 0 Å². The molecule has 3 rings (SSSR count). The molecule has 0 saturated carbocycles. The molecule has 0 unspecified atom stereocenters. The summed E-state index contributed by atoms with van der Waals surface area (Å²) < 4.78 is 1.56. The van der Waals surface area contributed by atoms with Gasteiger partial charge in [-0.05, 0) is 12.8 Å². The molecule has 1 aromatic carbocycles. The van der Waals surface area contributed by atoms with Gasteiger partial charge in [0.2, 0.25) is 0 Å². The third kappa shape index (κ3) is 2.45. The molecule has 1 aliphatic rings. The molecule has 100 valence electrons. The molecule has 3 N–H and O–H groups in total. The molecule has 6 nitrogen and oxygen atoms in total. The lowest BCUT2D eigenvalue weighted by atomic mass is 10.1. The van der Waals surface area contributed by atoms with Gasteiger partial charge in [0.15, 0.2) is 5.82 Å². The summed E-state index contributed by atoms with van der Waals surface area (Å²) in [5.74, 6) is 6.35. The molecule has 0 atom stereocenters. The van der Waals surface area contributed by atoms with E-state index in [-0.39, 0.29) is 11.7 Å². The zero-order valence-corrected chi connectivity index (χ0v) is 10.6. The van der Waals surface area contributed by atoms with Crippen molar-refractivity contribution in [3.05, 3.63) is 40.8 Å². The molecule has 1 saturated heterocycles. The minimum atomic E-state index is -0.144. The zero-order valence-electron chi connectivity index (χ0n) is 10.6. The molecule has 1 fully saturated rings. The first kappa shape index (κ1) is 12.1. The average Bonchev–Trinajstić information content (AvgIpc) is 2.83. The van der Waals surface area contributed by atoms with Crippen molar-refractivity contribution < 1.29 is 0 Å². The molecule has 0 aliphatic carbocycles.